The fourth-order valence-electron chi connectivity index (χ4n) is 1.58. The summed E-state index contributed by atoms with van der Waals surface area (Å²) < 4.78 is 5.17. The van der Waals surface area contributed by atoms with Crippen LogP contribution in [-0.4, -0.2) is 15.1 Å². The van der Waals surface area contributed by atoms with Gasteiger partial charge in [0.2, 0.25) is 5.89 Å². The smallest absolute Gasteiger partial charge is 0.248 e. The first-order valence-electron chi connectivity index (χ1n) is 5.33. The molecular formula is C11H12N4O. The van der Waals surface area contributed by atoms with Gasteiger partial charge in [0, 0.05) is 18.3 Å². The van der Waals surface area contributed by atoms with Crippen molar-refractivity contribution in [2.45, 2.75) is 24.8 Å². The quantitative estimate of drug-likeness (QED) is 0.838. The van der Waals surface area contributed by atoms with Gasteiger partial charge in [-0.3, -0.25) is 4.98 Å². The maximum Gasteiger partial charge on any atom is 0.248 e. The summed E-state index contributed by atoms with van der Waals surface area (Å²) in [7, 11) is 0. The summed E-state index contributed by atoms with van der Waals surface area (Å²) in [5.41, 5.74) is 6.90. The van der Waals surface area contributed by atoms with E-state index in [-0.39, 0.29) is 6.04 Å². The molecule has 2 aromatic rings. The van der Waals surface area contributed by atoms with Crippen LogP contribution >= 0.6 is 0 Å². The maximum atomic E-state index is 6.01. The van der Waals surface area contributed by atoms with Crippen molar-refractivity contribution in [3.63, 3.8) is 0 Å². The lowest BCUT2D eigenvalue weighted by atomic mass is 10.1. The van der Waals surface area contributed by atoms with Gasteiger partial charge in [-0.2, -0.15) is 4.98 Å². The van der Waals surface area contributed by atoms with E-state index in [2.05, 4.69) is 15.1 Å². The van der Waals surface area contributed by atoms with Gasteiger partial charge in [-0.1, -0.05) is 11.2 Å². The third-order valence-corrected chi connectivity index (χ3v) is 2.71. The zero-order valence-corrected chi connectivity index (χ0v) is 8.71. The first-order chi connectivity index (χ1) is 7.84. The molecule has 3 rings (SSSR count). The van der Waals surface area contributed by atoms with Crippen LogP contribution in [0.2, 0.25) is 0 Å². The Hall–Kier alpha value is -1.75. The Bertz CT molecular complexity index is 478. The van der Waals surface area contributed by atoms with Crippen LogP contribution in [-0.2, 0) is 0 Å². The molecule has 1 aliphatic rings. The summed E-state index contributed by atoms with van der Waals surface area (Å²) in [5, 5.41) is 3.94. The lowest BCUT2D eigenvalue weighted by Gasteiger charge is -2.04. The molecule has 0 aliphatic heterocycles. The minimum Gasteiger partial charge on any atom is -0.337 e. The number of hydrogen-bond acceptors (Lipinski definition) is 5. The number of pyridine rings is 1. The van der Waals surface area contributed by atoms with Crippen LogP contribution in [0.25, 0.3) is 0 Å². The second kappa shape index (κ2) is 3.68. The van der Waals surface area contributed by atoms with E-state index in [1.165, 1.54) is 0 Å². The van der Waals surface area contributed by atoms with Crippen LogP contribution < -0.4 is 5.73 Å². The van der Waals surface area contributed by atoms with Crippen LogP contribution in [0, 0.1) is 0 Å². The number of hydrogen-bond donors (Lipinski definition) is 1. The molecule has 1 aliphatic carbocycles. The summed E-state index contributed by atoms with van der Waals surface area (Å²) in [5.74, 6) is 1.74. The highest BCUT2D eigenvalue weighted by molar-refractivity contribution is 5.19. The van der Waals surface area contributed by atoms with Crippen molar-refractivity contribution in [3.8, 4) is 0 Å². The number of rotatable bonds is 3. The number of nitrogens with two attached hydrogens (primary N) is 1. The standard InChI is InChI=1S/C11H12N4O/c12-9(8-2-1-5-13-6-8)11-14-10(15-16-11)7-3-4-7/h1-2,5-7,9H,3-4,12H2/t9-/m0/s1. The second-order valence-electron chi connectivity index (χ2n) is 4.03. The normalized spacial score (nSPS) is 17.3. The van der Waals surface area contributed by atoms with Crippen molar-refractivity contribution < 1.29 is 4.52 Å². The summed E-state index contributed by atoms with van der Waals surface area (Å²) in [6, 6.07) is 3.36. The largest absolute Gasteiger partial charge is 0.337 e. The van der Waals surface area contributed by atoms with Gasteiger partial charge >= 0.3 is 0 Å². The average molecular weight is 216 g/mol. The van der Waals surface area contributed by atoms with E-state index in [0.29, 0.717) is 11.8 Å². The molecule has 0 amide bonds. The Labute approximate surface area is 92.7 Å². The molecule has 2 N–H and O–H groups in total. The fourth-order valence-corrected chi connectivity index (χ4v) is 1.58. The van der Waals surface area contributed by atoms with Crippen molar-refractivity contribution in [2.24, 2.45) is 5.73 Å². The van der Waals surface area contributed by atoms with E-state index < -0.39 is 0 Å². The first kappa shape index (κ1) is 9.47. The van der Waals surface area contributed by atoms with Gasteiger partial charge in [0.15, 0.2) is 5.82 Å². The summed E-state index contributed by atoms with van der Waals surface area (Å²) in [6.07, 6.45) is 5.73. The second-order valence-corrected chi connectivity index (χ2v) is 4.03. The van der Waals surface area contributed by atoms with E-state index in [9.17, 15) is 0 Å². The molecule has 0 saturated heterocycles. The van der Waals surface area contributed by atoms with Gasteiger partial charge in [0.05, 0.1) is 0 Å². The third kappa shape index (κ3) is 1.69. The monoisotopic (exact) mass is 216 g/mol. The number of nitrogens with zero attached hydrogens (tertiary/aromatic N) is 3. The van der Waals surface area contributed by atoms with Gasteiger partial charge in [-0.25, -0.2) is 0 Å². The molecule has 2 heterocycles. The molecule has 0 bridgehead atoms. The van der Waals surface area contributed by atoms with Gasteiger partial charge in [0.1, 0.15) is 6.04 Å². The van der Waals surface area contributed by atoms with E-state index in [0.717, 1.165) is 24.2 Å². The van der Waals surface area contributed by atoms with Crippen molar-refractivity contribution in [2.75, 3.05) is 0 Å². The van der Waals surface area contributed by atoms with E-state index in [1.807, 2.05) is 12.1 Å². The van der Waals surface area contributed by atoms with E-state index in [4.69, 9.17) is 10.3 Å². The lowest BCUT2D eigenvalue weighted by molar-refractivity contribution is 0.362. The van der Waals surface area contributed by atoms with Crippen LogP contribution in [0.15, 0.2) is 29.0 Å². The molecule has 0 aromatic carbocycles. The van der Waals surface area contributed by atoms with Crippen molar-refractivity contribution in [1.29, 1.82) is 0 Å². The average Bonchev–Trinajstić information content (AvgIpc) is 3.08. The molecule has 1 saturated carbocycles. The fraction of sp³-hybridized carbons (Fsp3) is 0.364. The lowest BCUT2D eigenvalue weighted by Crippen LogP contribution is -2.12. The highest BCUT2D eigenvalue weighted by atomic mass is 16.5. The molecule has 2 aromatic heterocycles. The van der Waals surface area contributed by atoms with E-state index >= 15 is 0 Å². The molecule has 5 heteroatoms. The molecule has 82 valence electrons. The Kier molecular flexibility index (Phi) is 2.18. The van der Waals surface area contributed by atoms with Gasteiger partial charge in [-0.05, 0) is 24.5 Å². The summed E-state index contributed by atoms with van der Waals surface area (Å²) in [4.78, 5) is 8.33. The van der Waals surface area contributed by atoms with Crippen LogP contribution in [0.4, 0.5) is 0 Å². The van der Waals surface area contributed by atoms with Crippen molar-refractivity contribution in [1.82, 2.24) is 15.1 Å². The highest BCUT2D eigenvalue weighted by Gasteiger charge is 2.29. The highest BCUT2D eigenvalue weighted by Crippen LogP contribution is 2.38. The minimum atomic E-state index is -0.381. The first-order valence-corrected chi connectivity index (χ1v) is 5.33. The predicted octanol–water partition coefficient (Wildman–Crippen LogP) is 1.39. The molecular weight excluding hydrogens is 204 g/mol. The Morgan fingerprint density at radius 3 is 3.00 bits per heavy atom. The third-order valence-electron chi connectivity index (χ3n) is 2.71. The maximum absolute atomic E-state index is 6.01. The molecule has 0 unspecified atom stereocenters. The van der Waals surface area contributed by atoms with Gasteiger partial charge in [-0.15, -0.1) is 0 Å². The van der Waals surface area contributed by atoms with E-state index in [1.54, 1.807) is 12.4 Å². The van der Waals surface area contributed by atoms with Crippen LogP contribution in [0.1, 0.15) is 42.1 Å². The van der Waals surface area contributed by atoms with Gasteiger partial charge < -0.3 is 10.3 Å². The Morgan fingerprint density at radius 1 is 1.44 bits per heavy atom. The summed E-state index contributed by atoms with van der Waals surface area (Å²) >= 11 is 0. The molecule has 1 atom stereocenters. The van der Waals surface area contributed by atoms with Crippen LogP contribution in [0.5, 0.6) is 0 Å². The SMILES string of the molecule is N[C@@H](c1cccnc1)c1nc(C2CC2)no1. The molecule has 0 spiro atoms. The Balaban J connectivity index is 1.85. The predicted molar refractivity (Wildman–Crippen MR) is 56.5 cm³/mol. The molecule has 5 nitrogen and oxygen atoms in total. The van der Waals surface area contributed by atoms with Crippen LogP contribution in [0.3, 0.4) is 0 Å². The van der Waals surface area contributed by atoms with Crippen molar-refractivity contribution >= 4 is 0 Å². The topological polar surface area (TPSA) is 77.8 Å². The Morgan fingerprint density at radius 2 is 2.31 bits per heavy atom. The van der Waals surface area contributed by atoms with Crippen molar-refractivity contribution in [3.05, 3.63) is 41.8 Å². The number of aromatic nitrogens is 3. The summed E-state index contributed by atoms with van der Waals surface area (Å²) in [6.45, 7) is 0. The van der Waals surface area contributed by atoms with Gasteiger partial charge in [0.25, 0.3) is 0 Å². The zero-order valence-electron chi connectivity index (χ0n) is 8.71. The zero-order chi connectivity index (χ0) is 11.0. The molecule has 1 fully saturated rings. The minimum absolute atomic E-state index is 0.381. The molecule has 16 heavy (non-hydrogen) atoms. The molecule has 0 radical (unpaired) electrons.